The SMILES string of the molecule is CCCCCCCCN1C(c2ccc(OC)cc2)=C(c2ccc(OC)cc2)O/C1=C1\C(=O)c2ccc(NCC(=O)O)cc2C1c1ccccc1. The number of rotatable bonds is 15. The first kappa shape index (κ1) is 34.4. The van der Waals surface area contributed by atoms with Crippen LogP contribution in [0.2, 0.25) is 0 Å². The average Bonchev–Trinajstić information content (AvgIpc) is 3.66. The van der Waals surface area contributed by atoms with Crippen LogP contribution in [0.1, 0.15) is 84.0 Å². The second-order valence-electron chi connectivity index (χ2n) is 12.6. The molecule has 0 amide bonds. The lowest BCUT2D eigenvalue weighted by Crippen LogP contribution is -2.23. The molecule has 1 aliphatic heterocycles. The third kappa shape index (κ3) is 7.25. The zero-order chi connectivity index (χ0) is 35.0. The smallest absolute Gasteiger partial charge is 0.322 e. The molecule has 1 aliphatic carbocycles. The molecule has 1 heterocycles. The van der Waals surface area contributed by atoms with Gasteiger partial charge in [-0.1, -0.05) is 69.4 Å². The Morgan fingerprint density at radius 3 is 2.10 bits per heavy atom. The normalized spacial score (nSPS) is 16.7. The maximum absolute atomic E-state index is 14.7. The van der Waals surface area contributed by atoms with Crippen molar-refractivity contribution in [3.8, 4) is 11.5 Å². The van der Waals surface area contributed by atoms with Crippen LogP contribution in [0.4, 0.5) is 5.69 Å². The van der Waals surface area contributed by atoms with Gasteiger partial charge in [-0.3, -0.25) is 9.59 Å². The number of anilines is 1. The molecule has 4 aromatic carbocycles. The van der Waals surface area contributed by atoms with E-state index in [1.165, 1.54) is 19.3 Å². The van der Waals surface area contributed by atoms with Crippen molar-refractivity contribution >= 4 is 28.9 Å². The maximum Gasteiger partial charge on any atom is 0.322 e. The Morgan fingerprint density at radius 2 is 1.46 bits per heavy atom. The Hall–Kier alpha value is -5.50. The Labute approximate surface area is 294 Å². The zero-order valence-corrected chi connectivity index (χ0v) is 28.9. The molecule has 258 valence electrons. The standard InChI is InChI=1S/C42H44N2O6/c1-4-5-6-7-8-12-25-44-39(29-15-20-32(48-2)21-16-29)41(30-17-22-33(49-3)23-18-30)50-42(44)38-37(28-13-10-9-11-14-28)35-26-31(43-27-36(45)46)19-24-34(35)40(38)47/h9-11,13-24,26,37,43H,4-8,12,25,27H2,1-3H3,(H,45,46)/b42-38-. The molecule has 50 heavy (non-hydrogen) atoms. The molecule has 8 heteroatoms. The summed E-state index contributed by atoms with van der Waals surface area (Å²) in [5.74, 6) is 1.16. The molecule has 1 atom stereocenters. The molecule has 0 spiro atoms. The molecule has 8 nitrogen and oxygen atoms in total. The summed E-state index contributed by atoms with van der Waals surface area (Å²) in [5, 5.41) is 12.3. The monoisotopic (exact) mass is 672 g/mol. The molecule has 6 rings (SSSR count). The Kier molecular flexibility index (Phi) is 10.9. The van der Waals surface area contributed by atoms with Gasteiger partial charge >= 0.3 is 5.97 Å². The van der Waals surface area contributed by atoms with E-state index in [2.05, 4.69) is 17.1 Å². The molecule has 0 aromatic heterocycles. The predicted molar refractivity (Wildman–Crippen MR) is 196 cm³/mol. The summed E-state index contributed by atoms with van der Waals surface area (Å²) in [6, 6.07) is 31.1. The van der Waals surface area contributed by atoms with E-state index in [1.54, 1.807) is 26.4 Å². The van der Waals surface area contributed by atoms with Crippen molar-refractivity contribution in [2.24, 2.45) is 0 Å². The van der Waals surface area contributed by atoms with Gasteiger partial charge in [0.15, 0.2) is 11.5 Å². The number of unbranched alkanes of at least 4 members (excludes halogenated alkanes) is 5. The number of methoxy groups -OCH3 is 2. The van der Waals surface area contributed by atoms with Gasteiger partial charge in [0.05, 0.1) is 25.5 Å². The number of nitrogens with zero attached hydrogens (tertiary/aromatic N) is 1. The van der Waals surface area contributed by atoms with Crippen LogP contribution in [0.15, 0.2) is 109 Å². The van der Waals surface area contributed by atoms with Crippen LogP contribution >= 0.6 is 0 Å². The lowest BCUT2D eigenvalue weighted by molar-refractivity contribution is -0.134. The number of carboxylic acid groups (broad SMARTS) is 1. The molecule has 0 radical (unpaired) electrons. The third-order valence-electron chi connectivity index (χ3n) is 9.33. The van der Waals surface area contributed by atoms with Crippen molar-refractivity contribution in [2.45, 2.75) is 51.4 Å². The van der Waals surface area contributed by atoms with Crippen LogP contribution < -0.4 is 14.8 Å². The van der Waals surface area contributed by atoms with Gasteiger partial charge in [-0.25, -0.2) is 0 Å². The topological polar surface area (TPSA) is 97.3 Å². The van der Waals surface area contributed by atoms with E-state index in [9.17, 15) is 14.7 Å². The van der Waals surface area contributed by atoms with Gasteiger partial charge in [0.1, 0.15) is 18.0 Å². The van der Waals surface area contributed by atoms with E-state index in [-0.39, 0.29) is 12.3 Å². The second kappa shape index (κ2) is 15.8. The highest BCUT2D eigenvalue weighted by molar-refractivity contribution is 6.16. The van der Waals surface area contributed by atoms with Crippen molar-refractivity contribution in [1.82, 2.24) is 4.90 Å². The van der Waals surface area contributed by atoms with Gasteiger partial charge in [-0.2, -0.15) is 0 Å². The number of carbonyl (C=O) groups is 2. The molecule has 0 saturated heterocycles. The third-order valence-corrected chi connectivity index (χ3v) is 9.33. The minimum Gasteiger partial charge on any atom is -0.497 e. The number of ether oxygens (including phenoxy) is 3. The van der Waals surface area contributed by atoms with E-state index < -0.39 is 11.9 Å². The van der Waals surface area contributed by atoms with Crippen LogP contribution in [0.25, 0.3) is 11.5 Å². The molecule has 1 unspecified atom stereocenters. The fourth-order valence-corrected chi connectivity index (χ4v) is 6.80. The van der Waals surface area contributed by atoms with E-state index >= 15 is 0 Å². The first-order valence-electron chi connectivity index (χ1n) is 17.3. The summed E-state index contributed by atoms with van der Waals surface area (Å²) >= 11 is 0. The molecular formula is C42H44N2O6. The fraction of sp³-hybridized carbons (Fsp3) is 0.286. The van der Waals surface area contributed by atoms with Crippen LogP contribution in [0.3, 0.4) is 0 Å². The number of allylic oxidation sites excluding steroid dienone is 1. The number of carboxylic acids is 1. The Bertz CT molecular complexity index is 1880. The summed E-state index contributed by atoms with van der Waals surface area (Å²) in [7, 11) is 3.29. The van der Waals surface area contributed by atoms with Crippen LogP contribution in [0, 0.1) is 0 Å². The van der Waals surface area contributed by atoms with E-state index in [0.717, 1.165) is 58.7 Å². The van der Waals surface area contributed by atoms with E-state index in [0.29, 0.717) is 35.0 Å². The molecule has 2 N–H and O–H groups in total. The summed E-state index contributed by atoms with van der Waals surface area (Å²) < 4.78 is 18.0. The predicted octanol–water partition coefficient (Wildman–Crippen LogP) is 8.96. The quantitative estimate of drug-likeness (QED) is 0.0955. The Morgan fingerprint density at radius 1 is 0.820 bits per heavy atom. The number of ketones is 1. The highest BCUT2D eigenvalue weighted by Gasteiger charge is 2.44. The van der Waals surface area contributed by atoms with Crippen LogP contribution in [-0.4, -0.2) is 49.1 Å². The molecule has 0 bridgehead atoms. The highest BCUT2D eigenvalue weighted by Crippen LogP contribution is 2.50. The number of benzene rings is 4. The van der Waals surface area contributed by atoms with Crippen LogP contribution in [0.5, 0.6) is 11.5 Å². The number of hydrogen-bond donors (Lipinski definition) is 2. The highest BCUT2D eigenvalue weighted by atomic mass is 16.5. The van der Waals surface area contributed by atoms with Gasteiger partial charge < -0.3 is 29.5 Å². The molecule has 0 saturated carbocycles. The largest absolute Gasteiger partial charge is 0.497 e. The first-order chi connectivity index (χ1) is 24.4. The van der Waals surface area contributed by atoms with Gasteiger partial charge in [0, 0.05) is 34.8 Å². The molecule has 4 aromatic rings. The van der Waals surface area contributed by atoms with Gasteiger partial charge in [-0.15, -0.1) is 0 Å². The molecule has 0 fully saturated rings. The summed E-state index contributed by atoms with van der Waals surface area (Å²) in [4.78, 5) is 28.2. The van der Waals surface area contributed by atoms with Gasteiger partial charge in [0.25, 0.3) is 0 Å². The van der Waals surface area contributed by atoms with Crippen molar-refractivity contribution in [3.63, 3.8) is 0 Å². The lowest BCUT2D eigenvalue weighted by Gasteiger charge is -2.25. The zero-order valence-electron chi connectivity index (χ0n) is 28.9. The Balaban J connectivity index is 1.53. The number of fused-ring (bicyclic) bond motifs is 1. The number of Topliss-reactive ketones (excluding diaryl/α,β-unsaturated/α-hetero) is 1. The fourth-order valence-electron chi connectivity index (χ4n) is 6.80. The molecule has 2 aliphatic rings. The van der Waals surface area contributed by atoms with Gasteiger partial charge in [0.2, 0.25) is 5.88 Å². The number of hydrogen-bond acceptors (Lipinski definition) is 7. The summed E-state index contributed by atoms with van der Waals surface area (Å²) in [5.41, 5.74) is 6.22. The van der Waals surface area contributed by atoms with Gasteiger partial charge in [-0.05, 0) is 84.3 Å². The lowest BCUT2D eigenvalue weighted by atomic mass is 9.89. The summed E-state index contributed by atoms with van der Waals surface area (Å²) in [6.07, 6.45) is 6.71. The van der Waals surface area contributed by atoms with E-state index in [1.807, 2.05) is 84.9 Å². The number of nitrogens with one attached hydrogen (secondary N) is 1. The average molecular weight is 673 g/mol. The van der Waals surface area contributed by atoms with E-state index in [4.69, 9.17) is 14.2 Å². The number of aliphatic carboxylic acids is 1. The molecular weight excluding hydrogens is 628 g/mol. The maximum atomic E-state index is 14.7. The summed E-state index contributed by atoms with van der Waals surface area (Å²) in [6.45, 7) is 2.65. The minimum absolute atomic E-state index is 0.105. The first-order valence-corrected chi connectivity index (χ1v) is 17.3. The van der Waals surface area contributed by atoms with Crippen LogP contribution in [-0.2, 0) is 9.53 Å². The minimum atomic E-state index is -0.961. The number of carbonyl (C=O) groups excluding carboxylic acids is 1. The van der Waals surface area contributed by atoms with Crippen molar-refractivity contribution in [2.75, 3.05) is 32.6 Å². The second-order valence-corrected chi connectivity index (χ2v) is 12.6. The van der Waals surface area contributed by atoms with Crippen molar-refractivity contribution in [1.29, 1.82) is 0 Å². The van der Waals surface area contributed by atoms with Crippen molar-refractivity contribution < 1.29 is 28.9 Å². The van der Waals surface area contributed by atoms with Crippen molar-refractivity contribution in [3.05, 3.63) is 136 Å².